The van der Waals surface area contributed by atoms with Gasteiger partial charge in [0.2, 0.25) is 0 Å². The zero-order chi connectivity index (χ0) is 11.0. The molecule has 0 unspecified atom stereocenters. The van der Waals surface area contributed by atoms with Gasteiger partial charge in [-0.1, -0.05) is 25.4 Å². The third-order valence-corrected chi connectivity index (χ3v) is 1.67. The van der Waals surface area contributed by atoms with Crippen LogP contribution in [0.5, 0.6) is 0 Å². The van der Waals surface area contributed by atoms with Crippen LogP contribution in [0.2, 0.25) is 5.02 Å². The molecule has 1 aromatic carbocycles. The van der Waals surface area contributed by atoms with Gasteiger partial charge in [-0.25, -0.2) is 5.43 Å². The molecule has 0 spiro atoms. The number of benzene rings is 1. The quantitative estimate of drug-likeness (QED) is 0.740. The summed E-state index contributed by atoms with van der Waals surface area (Å²) in [6, 6.07) is 7.12. The zero-order valence-corrected chi connectivity index (χ0v) is 9.31. The molecule has 0 aliphatic rings. The minimum Gasteiger partial charge on any atom is -0.322 e. The minimum atomic E-state index is 0.456. The zero-order valence-electron chi connectivity index (χ0n) is 8.56. The van der Waals surface area contributed by atoms with Crippen molar-refractivity contribution in [1.29, 1.82) is 5.26 Å². The number of nitrogens with zero attached hydrogens (tertiary/aromatic N) is 1. The van der Waals surface area contributed by atoms with Crippen LogP contribution >= 0.6 is 11.6 Å². The van der Waals surface area contributed by atoms with E-state index in [1.54, 1.807) is 25.2 Å². The Kier molecular flexibility index (Phi) is 6.55. The van der Waals surface area contributed by atoms with E-state index in [4.69, 9.17) is 16.9 Å². The van der Waals surface area contributed by atoms with E-state index in [0.29, 0.717) is 10.6 Å². The molecule has 2 N–H and O–H groups in total. The lowest BCUT2D eigenvalue weighted by molar-refractivity contribution is 0.984. The first-order chi connectivity index (χ1) is 6.77. The lowest BCUT2D eigenvalue weighted by Crippen LogP contribution is -2.14. The molecule has 0 fully saturated rings. The molecule has 0 aliphatic heterocycles. The largest absolute Gasteiger partial charge is 0.322 e. The molecule has 14 heavy (non-hydrogen) atoms. The van der Waals surface area contributed by atoms with Crippen LogP contribution in [0, 0.1) is 11.3 Å². The number of hydrazine groups is 1. The predicted octanol–water partition coefficient (Wildman–Crippen LogP) is 2.78. The second kappa shape index (κ2) is 7.19. The van der Waals surface area contributed by atoms with Gasteiger partial charge in [0.25, 0.3) is 0 Å². The molecule has 0 bridgehead atoms. The van der Waals surface area contributed by atoms with Crippen LogP contribution < -0.4 is 10.9 Å². The molecule has 0 saturated heterocycles. The highest BCUT2D eigenvalue weighted by Crippen LogP contribution is 2.19. The van der Waals surface area contributed by atoms with E-state index in [0.717, 1.165) is 5.69 Å². The standard InChI is InChI=1S/C8H8ClN3.C2H6/c1-11-12-7-3-2-6(5-10)8(9)4-7;1-2/h2-4,11-12H,1H3;1-2H3. The van der Waals surface area contributed by atoms with Crippen molar-refractivity contribution in [3.8, 4) is 6.07 Å². The monoisotopic (exact) mass is 211 g/mol. The number of halogens is 1. The van der Waals surface area contributed by atoms with Crippen molar-refractivity contribution in [2.75, 3.05) is 12.5 Å². The van der Waals surface area contributed by atoms with Crippen LogP contribution in [-0.4, -0.2) is 7.05 Å². The van der Waals surface area contributed by atoms with Crippen molar-refractivity contribution in [1.82, 2.24) is 5.43 Å². The summed E-state index contributed by atoms with van der Waals surface area (Å²) >= 11 is 5.77. The smallest absolute Gasteiger partial charge is 0.101 e. The molecule has 0 atom stereocenters. The molecule has 0 amide bonds. The summed E-state index contributed by atoms with van der Waals surface area (Å²) in [5.41, 5.74) is 6.93. The normalized spacial score (nSPS) is 8.21. The molecule has 4 heteroatoms. The Balaban J connectivity index is 0.000000791. The van der Waals surface area contributed by atoms with E-state index in [1.165, 1.54) is 0 Å². The van der Waals surface area contributed by atoms with Gasteiger partial charge >= 0.3 is 0 Å². The summed E-state index contributed by atoms with van der Waals surface area (Å²) in [5.74, 6) is 0. The fraction of sp³-hybridized carbons (Fsp3) is 0.300. The van der Waals surface area contributed by atoms with Gasteiger partial charge in [0.1, 0.15) is 6.07 Å². The average molecular weight is 212 g/mol. The molecule has 0 heterocycles. The van der Waals surface area contributed by atoms with Gasteiger partial charge in [-0.15, -0.1) is 0 Å². The van der Waals surface area contributed by atoms with Crippen LogP contribution in [-0.2, 0) is 0 Å². The Hall–Kier alpha value is -1.24. The topological polar surface area (TPSA) is 47.8 Å². The first kappa shape index (κ1) is 12.8. The first-order valence-corrected chi connectivity index (χ1v) is 4.78. The SMILES string of the molecule is CC.CNNc1ccc(C#N)c(Cl)c1. The van der Waals surface area contributed by atoms with Crippen molar-refractivity contribution in [2.45, 2.75) is 13.8 Å². The van der Waals surface area contributed by atoms with E-state index in [-0.39, 0.29) is 0 Å². The molecule has 0 radical (unpaired) electrons. The Labute approximate surface area is 89.7 Å². The lowest BCUT2D eigenvalue weighted by atomic mass is 10.2. The van der Waals surface area contributed by atoms with Gasteiger partial charge in [-0.05, 0) is 18.2 Å². The third-order valence-electron chi connectivity index (χ3n) is 1.36. The molecular formula is C10H14ClN3. The van der Waals surface area contributed by atoms with E-state index in [2.05, 4.69) is 10.9 Å². The summed E-state index contributed by atoms with van der Waals surface area (Å²) < 4.78 is 0. The summed E-state index contributed by atoms with van der Waals surface area (Å²) in [5, 5.41) is 9.02. The van der Waals surface area contributed by atoms with Gasteiger partial charge in [0.05, 0.1) is 16.3 Å². The van der Waals surface area contributed by atoms with Gasteiger partial charge in [0.15, 0.2) is 0 Å². The Morgan fingerprint density at radius 3 is 2.43 bits per heavy atom. The van der Waals surface area contributed by atoms with Crippen molar-refractivity contribution in [3.63, 3.8) is 0 Å². The number of hydrogen-bond donors (Lipinski definition) is 2. The highest BCUT2D eigenvalue weighted by molar-refractivity contribution is 6.32. The summed E-state index contributed by atoms with van der Waals surface area (Å²) in [6.45, 7) is 4.00. The highest BCUT2D eigenvalue weighted by Gasteiger charge is 1.98. The maximum absolute atomic E-state index is 8.57. The van der Waals surface area contributed by atoms with E-state index >= 15 is 0 Å². The molecule has 3 nitrogen and oxygen atoms in total. The Morgan fingerprint density at radius 2 is 2.00 bits per heavy atom. The summed E-state index contributed by atoms with van der Waals surface area (Å²) in [7, 11) is 1.76. The molecule has 0 aliphatic carbocycles. The third kappa shape index (κ3) is 3.65. The molecular weight excluding hydrogens is 198 g/mol. The maximum atomic E-state index is 8.57. The Morgan fingerprint density at radius 1 is 1.36 bits per heavy atom. The molecule has 0 aromatic heterocycles. The van der Waals surface area contributed by atoms with Crippen LogP contribution in [0.15, 0.2) is 18.2 Å². The number of hydrogen-bond acceptors (Lipinski definition) is 3. The van der Waals surface area contributed by atoms with Gasteiger partial charge in [-0.2, -0.15) is 5.26 Å². The fourth-order valence-corrected chi connectivity index (χ4v) is 1.05. The second-order valence-corrected chi connectivity index (χ2v) is 2.59. The Bertz CT molecular complexity index is 318. The van der Waals surface area contributed by atoms with Crippen molar-refractivity contribution in [3.05, 3.63) is 28.8 Å². The van der Waals surface area contributed by atoms with Gasteiger partial charge < -0.3 is 5.43 Å². The van der Waals surface area contributed by atoms with E-state index < -0.39 is 0 Å². The summed E-state index contributed by atoms with van der Waals surface area (Å²) in [4.78, 5) is 0. The summed E-state index contributed by atoms with van der Waals surface area (Å²) in [6.07, 6.45) is 0. The highest BCUT2D eigenvalue weighted by atomic mass is 35.5. The van der Waals surface area contributed by atoms with Gasteiger partial charge in [-0.3, -0.25) is 0 Å². The van der Waals surface area contributed by atoms with Crippen LogP contribution in [0.1, 0.15) is 19.4 Å². The van der Waals surface area contributed by atoms with Crippen molar-refractivity contribution < 1.29 is 0 Å². The van der Waals surface area contributed by atoms with Crippen molar-refractivity contribution >= 4 is 17.3 Å². The lowest BCUT2D eigenvalue weighted by Gasteiger charge is -2.04. The number of nitriles is 1. The second-order valence-electron chi connectivity index (χ2n) is 2.18. The van der Waals surface area contributed by atoms with E-state index in [1.807, 2.05) is 19.9 Å². The molecule has 76 valence electrons. The van der Waals surface area contributed by atoms with Crippen molar-refractivity contribution in [2.24, 2.45) is 0 Å². The molecule has 1 aromatic rings. The number of nitrogens with one attached hydrogen (secondary N) is 2. The number of rotatable bonds is 2. The number of anilines is 1. The molecule has 0 saturated carbocycles. The predicted molar refractivity (Wildman–Crippen MR) is 60.2 cm³/mol. The minimum absolute atomic E-state index is 0.456. The van der Waals surface area contributed by atoms with Crippen LogP contribution in [0.25, 0.3) is 0 Å². The van der Waals surface area contributed by atoms with Crippen LogP contribution in [0.4, 0.5) is 5.69 Å². The maximum Gasteiger partial charge on any atom is 0.101 e. The molecule has 1 rings (SSSR count). The van der Waals surface area contributed by atoms with Crippen LogP contribution in [0.3, 0.4) is 0 Å². The average Bonchev–Trinajstić information content (AvgIpc) is 2.22. The fourth-order valence-electron chi connectivity index (χ4n) is 0.828. The first-order valence-electron chi connectivity index (χ1n) is 4.40. The van der Waals surface area contributed by atoms with E-state index in [9.17, 15) is 0 Å². The van der Waals surface area contributed by atoms with Gasteiger partial charge in [0, 0.05) is 7.05 Å².